The number of hydrogen-bond donors (Lipinski definition) is 0. The van der Waals surface area contributed by atoms with Gasteiger partial charge in [0.05, 0.1) is 5.56 Å². The number of halogens is 1. The fourth-order valence-electron chi connectivity index (χ4n) is 1.93. The van der Waals surface area contributed by atoms with Gasteiger partial charge in [-0.25, -0.2) is 4.39 Å². The van der Waals surface area contributed by atoms with E-state index in [2.05, 4.69) is 0 Å². The van der Waals surface area contributed by atoms with Crippen LogP contribution < -0.4 is 4.74 Å². The second-order valence-corrected chi connectivity index (χ2v) is 4.34. The molecule has 98 valence electrons. The average Bonchev–Trinajstić information content (AvgIpc) is 2.39. The second-order valence-electron chi connectivity index (χ2n) is 4.34. The van der Waals surface area contributed by atoms with Crippen molar-refractivity contribution in [3.05, 3.63) is 65.5 Å². The van der Waals surface area contributed by atoms with Crippen molar-refractivity contribution in [1.82, 2.24) is 0 Å². The van der Waals surface area contributed by atoms with E-state index in [1.54, 1.807) is 6.07 Å². The third-order valence-corrected chi connectivity index (χ3v) is 2.90. The highest BCUT2D eigenvalue weighted by Crippen LogP contribution is 2.27. The molecule has 19 heavy (non-hydrogen) atoms. The van der Waals surface area contributed by atoms with Gasteiger partial charge in [-0.05, 0) is 31.5 Å². The first kappa shape index (κ1) is 13.3. The summed E-state index contributed by atoms with van der Waals surface area (Å²) in [4.78, 5) is 11.5. The molecule has 0 aliphatic heterocycles. The number of rotatable bonds is 4. The summed E-state index contributed by atoms with van der Waals surface area (Å²) in [7, 11) is 0. The topological polar surface area (TPSA) is 26.3 Å². The summed E-state index contributed by atoms with van der Waals surface area (Å²) in [5, 5.41) is 0. The molecule has 2 aromatic carbocycles. The van der Waals surface area contributed by atoms with Crippen molar-refractivity contribution in [2.24, 2.45) is 0 Å². The van der Waals surface area contributed by atoms with Crippen LogP contribution in [0.25, 0.3) is 0 Å². The maximum atomic E-state index is 13.7. The molecule has 2 aromatic rings. The Bertz CT molecular complexity index is 579. The lowest BCUT2D eigenvalue weighted by atomic mass is 10.1. The van der Waals surface area contributed by atoms with Gasteiger partial charge in [0, 0.05) is 0 Å². The van der Waals surface area contributed by atoms with Gasteiger partial charge in [-0.2, -0.15) is 0 Å². The molecular weight excluding hydrogens is 243 g/mol. The number of ether oxygens (including phenoxy) is 1. The van der Waals surface area contributed by atoms with E-state index >= 15 is 0 Å². The van der Waals surface area contributed by atoms with Gasteiger partial charge in [-0.1, -0.05) is 36.4 Å². The van der Waals surface area contributed by atoms with Crippen LogP contribution in [0.5, 0.6) is 5.75 Å². The molecule has 0 fully saturated rings. The minimum Gasteiger partial charge on any atom is -0.485 e. The zero-order chi connectivity index (χ0) is 13.8. The molecule has 0 N–H and O–H groups in total. The van der Waals surface area contributed by atoms with Crippen LogP contribution in [0.3, 0.4) is 0 Å². The van der Waals surface area contributed by atoms with Crippen LogP contribution in [0.4, 0.5) is 4.39 Å². The summed E-state index contributed by atoms with van der Waals surface area (Å²) < 4.78 is 19.4. The molecule has 0 saturated heterocycles. The van der Waals surface area contributed by atoms with Crippen molar-refractivity contribution < 1.29 is 13.9 Å². The van der Waals surface area contributed by atoms with Crippen LogP contribution in [0.2, 0.25) is 0 Å². The van der Waals surface area contributed by atoms with Crippen molar-refractivity contribution >= 4 is 5.78 Å². The van der Waals surface area contributed by atoms with E-state index in [-0.39, 0.29) is 23.2 Å². The molecule has 0 spiro atoms. The monoisotopic (exact) mass is 258 g/mol. The minimum absolute atomic E-state index is 0.00489. The zero-order valence-electron chi connectivity index (χ0n) is 10.9. The normalized spacial score (nSPS) is 11.9. The van der Waals surface area contributed by atoms with Crippen LogP contribution in [0.1, 0.15) is 35.9 Å². The smallest absolute Gasteiger partial charge is 0.166 e. The van der Waals surface area contributed by atoms with E-state index in [1.165, 1.54) is 19.1 Å². The zero-order valence-corrected chi connectivity index (χ0v) is 10.9. The number of hydrogen-bond acceptors (Lipinski definition) is 2. The quantitative estimate of drug-likeness (QED) is 0.769. The molecule has 2 rings (SSSR count). The number of carbonyl (C=O) groups excluding carboxylic acids is 1. The van der Waals surface area contributed by atoms with Gasteiger partial charge in [0.25, 0.3) is 0 Å². The van der Waals surface area contributed by atoms with Gasteiger partial charge < -0.3 is 4.74 Å². The summed E-state index contributed by atoms with van der Waals surface area (Å²) in [6.07, 6.45) is -0.249. The van der Waals surface area contributed by atoms with Crippen molar-refractivity contribution in [2.75, 3.05) is 0 Å². The molecule has 0 heterocycles. The van der Waals surface area contributed by atoms with Gasteiger partial charge in [0.2, 0.25) is 0 Å². The fourth-order valence-corrected chi connectivity index (χ4v) is 1.93. The molecular formula is C16H15FO2. The lowest BCUT2D eigenvalue weighted by Crippen LogP contribution is -2.08. The average molecular weight is 258 g/mol. The van der Waals surface area contributed by atoms with E-state index in [0.717, 1.165) is 5.56 Å². The summed E-state index contributed by atoms with van der Waals surface area (Å²) >= 11 is 0. The molecule has 2 nitrogen and oxygen atoms in total. The highest BCUT2D eigenvalue weighted by atomic mass is 19.1. The Morgan fingerprint density at radius 1 is 1.11 bits per heavy atom. The van der Waals surface area contributed by atoms with Crippen LogP contribution >= 0.6 is 0 Å². The van der Waals surface area contributed by atoms with Gasteiger partial charge in [-0.15, -0.1) is 0 Å². The van der Waals surface area contributed by atoms with Crippen LogP contribution in [0.15, 0.2) is 48.5 Å². The van der Waals surface area contributed by atoms with E-state index in [0.29, 0.717) is 0 Å². The van der Waals surface area contributed by atoms with Crippen molar-refractivity contribution in [1.29, 1.82) is 0 Å². The van der Waals surface area contributed by atoms with Crippen molar-refractivity contribution in [2.45, 2.75) is 20.0 Å². The molecule has 0 unspecified atom stereocenters. The third-order valence-electron chi connectivity index (χ3n) is 2.90. The molecule has 0 aliphatic rings. The van der Waals surface area contributed by atoms with E-state index < -0.39 is 5.82 Å². The highest BCUT2D eigenvalue weighted by molar-refractivity contribution is 5.97. The molecule has 3 heteroatoms. The van der Waals surface area contributed by atoms with Gasteiger partial charge in [-0.3, -0.25) is 4.79 Å². The Labute approximate surface area is 111 Å². The fraction of sp³-hybridized carbons (Fsp3) is 0.188. The van der Waals surface area contributed by atoms with E-state index in [4.69, 9.17) is 4.74 Å². The van der Waals surface area contributed by atoms with E-state index in [1.807, 2.05) is 37.3 Å². The minimum atomic E-state index is -0.551. The van der Waals surface area contributed by atoms with Gasteiger partial charge >= 0.3 is 0 Å². The second kappa shape index (κ2) is 5.65. The highest BCUT2D eigenvalue weighted by Gasteiger charge is 2.16. The summed E-state index contributed by atoms with van der Waals surface area (Å²) in [6, 6.07) is 14.0. The number of carbonyl (C=O) groups is 1. The van der Waals surface area contributed by atoms with E-state index in [9.17, 15) is 9.18 Å². The summed E-state index contributed by atoms with van der Waals surface area (Å²) in [5.74, 6) is -0.609. The molecule has 0 aromatic heterocycles. The Hall–Kier alpha value is -2.16. The maximum absolute atomic E-state index is 13.7. The number of ketones is 1. The lowest BCUT2D eigenvalue weighted by molar-refractivity contribution is 0.100. The van der Waals surface area contributed by atoms with Gasteiger partial charge in [0.15, 0.2) is 5.78 Å². The lowest BCUT2D eigenvalue weighted by Gasteiger charge is -2.17. The first-order valence-corrected chi connectivity index (χ1v) is 6.10. The van der Waals surface area contributed by atoms with Crippen molar-refractivity contribution in [3.63, 3.8) is 0 Å². The van der Waals surface area contributed by atoms with Gasteiger partial charge in [0.1, 0.15) is 17.7 Å². The Balaban J connectivity index is 2.29. The van der Waals surface area contributed by atoms with Crippen molar-refractivity contribution in [3.8, 4) is 5.75 Å². The molecule has 0 bridgehead atoms. The first-order valence-electron chi connectivity index (χ1n) is 6.10. The van der Waals surface area contributed by atoms with Crippen LogP contribution in [-0.2, 0) is 0 Å². The Morgan fingerprint density at radius 3 is 2.42 bits per heavy atom. The molecule has 1 atom stereocenters. The molecule has 0 amide bonds. The predicted octanol–water partition coefficient (Wildman–Crippen LogP) is 4.17. The number of Topliss-reactive ketones (excluding diaryl/α,β-unsaturated/α-hetero) is 1. The van der Waals surface area contributed by atoms with Crippen LogP contribution in [0, 0.1) is 5.82 Å². The molecule has 0 aliphatic carbocycles. The Kier molecular flexibility index (Phi) is 3.95. The third kappa shape index (κ3) is 2.99. The summed E-state index contributed by atoms with van der Waals surface area (Å²) in [5.41, 5.74) is 0.978. The summed E-state index contributed by atoms with van der Waals surface area (Å²) in [6.45, 7) is 3.20. The predicted molar refractivity (Wildman–Crippen MR) is 71.9 cm³/mol. The maximum Gasteiger partial charge on any atom is 0.166 e. The molecule has 0 radical (unpaired) electrons. The first-order chi connectivity index (χ1) is 9.09. The number of benzene rings is 2. The molecule has 0 saturated carbocycles. The largest absolute Gasteiger partial charge is 0.485 e. The van der Waals surface area contributed by atoms with Crippen LogP contribution in [-0.4, -0.2) is 5.78 Å². The Morgan fingerprint density at radius 2 is 1.79 bits per heavy atom. The SMILES string of the molecule is CC(=O)c1c(F)cccc1O[C@H](C)c1ccccc1. The standard InChI is InChI=1S/C16H15FO2/c1-11(18)16-14(17)9-6-10-15(16)19-12(2)13-7-4-3-5-8-13/h3-10,12H,1-2H3/t12-/m1/s1.